The molecule has 2 aromatic rings. The molecule has 35 heavy (non-hydrogen) atoms. The summed E-state index contributed by atoms with van der Waals surface area (Å²) >= 11 is 0. The highest BCUT2D eigenvalue weighted by Crippen LogP contribution is 2.29. The second-order valence-electron chi connectivity index (χ2n) is 9.15. The highest BCUT2D eigenvalue weighted by atomic mass is 16.5. The molecule has 2 atom stereocenters. The van der Waals surface area contributed by atoms with Crippen molar-refractivity contribution in [2.75, 3.05) is 19.6 Å². The Morgan fingerprint density at radius 3 is 2.43 bits per heavy atom. The molecule has 2 aromatic carbocycles. The molecule has 4 rings (SSSR count). The van der Waals surface area contributed by atoms with E-state index in [-0.39, 0.29) is 18.1 Å². The molecular weight excluding hydrogens is 446 g/mol. The van der Waals surface area contributed by atoms with Crippen LogP contribution >= 0.6 is 0 Å². The average Bonchev–Trinajstić information content (AvgIpc) is 2.87. The fourth-order valence-corrected chi connectivity index (χ4v) is 4.63. The lowest BCUT2D eigenvalue weighted by atomic mass is 9.99. The molecule has 0 aliphatic carbocycles. The predicted octanol–water partition coefficient (Wildman–Crippen LogP) is 3.02. The number of aliphatic carboxylic acids is 1. The highest BCUT2D eigenvalue weighted by Gasteiger charge is 2.25. The van der Waals surface area contributed by atoms with Crippen molar-refractivity contribution in [2.24, 2.45) is 5.73 Å². The van der Waals surface area contributed by atoms with Gasteiger partial charge in [-0.25, -0.2) is 4.79 Å². The number of guanidine groups is 1. The van der Waals surface area contributed by atoms with Gasteiger partial charge >= 0.3 is 5.97 Å². The molecular formula is C26H33N5O4. The lowest BCUT2D eigenvalue weighted by Crippen LogP contribution is -2.43. The number of carboxylic acids is 1. The Labute approximate surface area is 205 Å². The van der Waals surface area contributed by atoms with Crippen molar-refractivity contribution in [1.29, 1.82) is 10.8 Å². The summed E-state index contributed by atoms with van der Waals surface area (Å²) in [5, 5.41) is 24.9. The number of hydrogen-bond donors (Lipinski definition) is 4. The summed E-state index contributed by atoms with van der Waals surface area (Å²) in [6.07, 6.45) is 2.97. The molecule has 0 spiro atoms. The Bertz CT molecular complexity index is 1070. The lowest BCUT2D eigenvalue weighted by molar-refractivity contribution is -0.145. The molecule has 0 amide bonds. The number of hydrogen-bond acceptors (Lipinski definition) is 6. The van der Waals surface area contributed by atoms with Gasteiger partial charge in [0.25, 0.3) is 0 Å². The number of carboxylic acid groups (broad SMARTS) is 1. The van der Waals surface area contributed by atoms with E-state index in [0.29, 0.717) is 30.2 Å². The smallest absolute Gasteiger partial charge is 0.349 e. The second-order valence-corrected chi connectivity index (χ2v) is 9.15. The number of ether oxygens (including phenoxy) is 2. The molecule has 5 N–H and O–H groups in total. The molecule has 2 heterocycles. The van der Waals surface area contributed by atoms with Gasteiger partial charge in [-0.15, -0.1) is 0 Å². The first-order chi connectivity index (χ1) is 16.8. The minimum absolute atomic E-state index is 0.0270. The minimum atomic E-state index is -1.15. The van der Waals surface area contributed by atoms with Gasteiger partial charge in [0, 0.05) is 44.0 Å². The van der Waals surface area contributed by atoms with Gasteiger partial charge in [-0.2, -0.15) is 0 Å². The van der Waals surface area contributed by atoms with E-state index in [1.165, 1.54) is 6.21 Å². The summed E-state index contributed by atoms with van der Waals surface area (Å²) in [4.78, 5) is 16.1. The number of nitrogens with two attached hydrogens (primary N) is 1. The highest BCUT2D eigenvalue weighted by molar-refractivity contribution is 5.75. The van der Waals surface area contributed by atoms with E-state index in [2.05, 4.69) is 4.90 Å². The van der Waals surface area contributed by atoms with Crippen LogP contribution in [0.3, 0.4) is 0 Å². The van der Waals surface area contributed by atoms with Crippen LogP contribution in [-0.2, 0) is 17.8 Å². The molecule has 9 heteroatoms. The molecule has 2 unspecified atom stereocenters. The molecule has 2 aliphatic rings. The molecule has 1 saturated heterocycles. The standard InChI is InChI=1S/C26H33N5O4/c1-17(15-27)30-12-9-22(10-13-30)34-21-5-3-19(4-6-21)24(25(32)33)35-23-7-2-18-8-11-31(26(28)29)16-20(18)14-23/h2-7,14-15,17,22,24,27H,8-13,16H2,1H3,(H3,28,29)(H,32,33). The summed E-state index contributed by atoms with van der Waals surface area (Å²) in [5.74, 6) is 0.121. The maximum absolute atomic E-state index is 12.0. The van der Waals surface area contributed by atoms with Crippen LogP contribution in [0.4, 0.5) is 0 Å². The van der Waals surface area contributed by atoms with Crippen molar-refractivity contribution in [3.8, 4) is 11.5 Å². The largest absolute Gasteiger partial charge is 0.490 e. The number of benzene rings is 2. The van der Waals surface area contributed by atoms with E-state index in [9.17, 15) is 9.90 Å². The first-order valence-electron chi connectivity index (χ1n) is 12.0. The molecule has 0 aromatic heterocycles. The van der Waals surface area contributed by atoms with Crippen molar-refractivity contribution in [3.63, 3.8) is 0 Å². The van der Waals surface area contributed by atoms with Crippen LogP contribution in [0.2, 0.25) is 0 Å². The van der Waals surface area contributed by atoms with Crippen LogP contribution in [0.1, 0.15) is 42.6 Å². The van der Waals surface area contributed by atoms with Crippen molar-refractivity contribution >= 4 is 18.1 Å². The van der Waals surface area contributed by atoms with Gasteiger partial charge in [-0.05, 0) is 61.6 Å². The Balaban J connectivity index is 1.39. The van der Waals surface area contributed by atoms with Gasteiger partial charge in [0.2, 0.25) is 6.10 Å². The monoisotopic (exact) mass is 479 g/mol. The van der Waals surface area contributed by atoms with Crippen molar-refractivity contribution < 1.29 is 19.4 Å². The van der Waals surface area contributed by atoms with E-state index < -0.39 is 12.1 Å². The van der Waals surface area contributed by atoms with E-state index in [4.69, 9.17) is 26.0 Å². The Morgan fingerprint density at radius 1 is 1.11 bits per heavy atom. The zero-order valence-corrected chi connectivity index (χ0v) is 19.9. The zero-order valence-electron chi connectivity index (χ0n) is 19.9. The Morgan fingerprint density at radius 2 is 1.80 bits per heavy atom. The van der Waals surface area contributed by atoms with Gasteiger partial charge in [-0.1, -0.05) is 18.2 Å². The van der Waals surface area contributed by atoms with Crippen LogP contribution < -0.4 is 15.2 Å². The summed E-state index contributed by atoms with van der Waals surface area (Å²) in [7, 11) is 0. The third kappa shape index (κ3) is 5.92. The third-order valence-corrected chi connectivity index (χ3v) is 6.79. The maximum atomic E-state index is 12.0. The fourth-order valence-electron chi connectivity index (χ4n) is 4.63. The lowest BCUT2D eigenvalue weighted by Gasteiger charge is -2.34. The molecule has 0 saturated carbocycles. The van der Waals surface area contributed by atoms with E-state index >= 15 is 0 Å². The van der Waals surface area contributed by atoms with Gasteiger partial charge in [-0.3, -0.25) is 10.3 Å². The van der Waals surface area contributed by atoms with Gasteiger partial charge in [0.05, 0.1) is 0 Å². The topological polar surface area (TPSA) is 136 Å². The average molecular weight is 480 g/mol. The molecule has 2 aliphatic heterocycles. The minimum Gasteiger partial charge on any atom is -0.490 e. The third-order valence-electron chi connectivity index (χ3n) is 6.79. The number of rotatable bonds is 8. The number of carbonyl (C=O) groups is 1. The normalized spacial score (nSPS) is 18.3. The quantitative estimate of drug-likeness (QED) is 0.337. The fraction of sp³-hybridized carbons (Fsp3) is 0.423. The summed E-state index contributed by atoms with van der Waals surface area (Å²) in [6.45, 7) is 5.00. The van der Waals surface area contributed by atoms with E-state index in [1.807, 2.05) is 19.1 Å². The van der Waals surface area contributed by atoms with Gasteiger partial charge in [0.15, 0.2) is 5.96 Å². The van der Waals surface area contributed by atoms with Crippen molar-refractivity contribution in [3.05, 3.63) is 59.2 Å². The van der Waals surface area contributed by atoms with Crippen molar-refractivity contribution in [1.82, 2.24) is 9.80 Å². The van der Waals surface area contributed by atoms with Gasteiger partial charge < -0.3 is 30.6 Å². The van der Waals surface area contributed by atoms with Crippen LogP contribution in [0.5, 0.6) is 11.5 Å². The first-order valence-corrected chi connectivity index (χ1v) is 12.0. The summed E-state index contributed by atoms with van der Waals surface area (Å²) < 4.78 is 12.0. The van der Waals surface area contributed by atoms with Crippen LogP contribution in [0, 0.1) is 10.8 Å². The molecule has 1 fully saturated rings. The maximum Gasteiger partial charge on any atom is 0.349 e. The predicted molar refractivity (Wildman–Crippen MR) is 133 cm³/mol. The van der Waals surface area contributed by atoms with Crippen LogP contribution in [0.25, 0.3) is 0 Å². The van der Waals surface area contributed by atoms with E-state index in [0.717, 1.165) is 43.5 Å². The number of nitrogens with zero attached hydrogens (tertiary/aromatic N) is 2. The second kappa shape index (κ2) is 10.8. The Kier molecular flexibility index (Phi) is 7.55. The summed E-state index contributed by atoms with van der Waals surface area (Å²) in [6, 6.07) is 12.8. The zero-order chi connectivity index (χ0) is 24.9. The SMILES string of the molecule is CC(C=N)N1CCC(Oc2ccc(C(Oc3ccc4c(c3)CN(C(=N)N)CC4)C(=O)O)cc2)CC1. The molecule has 9 nitrogen and oxygen atoms in total. The van der Waals surface area contributed by atoms with Crippen LogP contribution in [0.15, 0.2) is 42.5 Å². The first kappa shape index (κ1) is 24.5. The van der Waals surface area contributed by atoms with E-state index in [1.54, 1.807) is 35.2 Å². The van der Waals surface area contributed by atoms with Gasteiger partial charge in [0.1, 0.15) is 17.6 Å². The number of nitrogens with one attached hydrogen (secondary N) is 2. The number of likely N-dealkylation sites (tertiary alicyclic amines) is 1. The molecule has 0 bridgehead atoms. The summed E-state index contributed by atoms with van der Waals surface area (Å²) in [5.41, 5.74) is 8.30. The van der Waals surface area contributed by atoms with Crippen LogP contribution in [-0.4, -0.2) is 64.8 Å². The number of piperidine rings is 1. The Hall–Kier alpha value is -3.59. The van der Waals surface area contributed by atoms with Crippen molar-refractivity contribution in [2.45, 2.75) is 51.0 Å². The number of fused-ring (bicyclic) bond motifs is 1. The molecule has 0 radical (unpaired) electrons. The molecule has 186 valence electrons.